The normalized spacial score (nSPS) is 25.0. The van der Waals surface area contributed by atoms with Crippen molar-refractivity contribution in [1.82, 2.24) is 14.7 Å². The average molecular weight is 223 g/mol. The molecule has 0 saturated carbocycles. The summed E-state index contributed by atoms with van der Waals surface area (Å²) >= 11 is 0. The van der Waals surface area contributed by atoms with Crippen LogP contribution in [0, 0.1) is 5.92 Å². The van der Waals surface area contributed by atoms with E-state index in [0.29, 0.717) is 5.92 Å². The zero-order valence-electron chi connectivity index (χ0n) is 9.41. The van der Waals surface area contributed by atoms with Gasteiger partial charge in [-0.05, 0) is 18.4 Å². The van der Waals surface area contributed by atoms with Crippen LogP contribution in [0.15, 0.2) is 18.5 Å². The summed E-state index contributed by atoms with van der Waals surface area (Å²) in [6.45, 7) is 3.12. The minimum atomic E-state index is -0.0249. The van der Waals surface area contributed by atoms with Crippen molar-refractivity contribution in [2.45, 2.75) is 25.9 Å². The molecule has 0 bridgehead atoms. The fourth-order valence-corrected chi connectivity index (χ4v) is 2.22. The molecule has 1 saturated heterocycles. The van der Waals surface area contributed by atoms with Crippen LogP contribution in [0.1, 0.15) is 13.3 Å². The number of rotatable bonds is 3. The van der Waals surface area contributed by atoms with Crippen LogP contribution >= 0.6 is 0 Å². The molecule has 1 fully saturated rings. The molecule has 1 aromatic heterocycles. The van der Waals surface area contributed by atoms with Gasteiger partial charge in [-0.3, -0.25) is 9.48 Å². The molecule has 0 aliphatic carbocycles. The predicted octanol–water partition coefficient (Wildman–Crippen LogP) is 0.112. The van der Waals surface area contributed by atoms with Gasteiger partial charge in [0.05, 0.1) is 12.6 Å². The number of nitrogens with zero attached hydrogens (tertiary/aromatic N) is 3. The Morgan fingerprint density at radius 2 is 2.44 bits per heavy atom. The van der Waals surface area contributed by atoms with E-state index >= 15 is 0 Å². The molecular weight excluding hydrogens is 206 g/mol. The number of hydrogen-bond acceptors (Lipinski definition) is 3. The molecule has 2 atom stereocenters. The molecule has 5 heteroatoms. The van der Waals surface area contributed by atoms with Crippen LogP contribution in [0.5, 0.6) is 0 Å². The SMILES string of the molecule is CC1CCN(C(=O)Cn2cccn2)C1CO. The highest BCUT2D eigenvalue weighted by atomic mass is 16.3. The molecule has 88 valence electrons. The lowest BCUT2D eigenvalue weighted by Gasteiger charge is -2.25. The maximum atomic E-state index is 12.0. The molecule has 2 rings (SSSR count). The van der Waals surface area contributed by atoms with E-state index in [-0.39, 0.29) is 25.1 Å². The molecule has 2 heterocycles. The second-order valence-corrected chi connectivity index (χ2v) is 4.31. The molecular formula is C11H17N3O2. The highest BCUT2D eigenvalue weighted by Gasteiger charge is 2.33. The molecule has 5 nitrogen and oxygen atoms in total. The Bertz CT molecular complexity index is 350. The lowest BCUT2D eigenvalue weighted by molar-refractivity contribution is -0.134. The summed E-state index contributed by atoms with van der Waals surface area (Å²) in [5, 5.41) is 13.3. The summed E-state index contributed by atoms with van der Waals surface area (Å²) in [5.41, 5.74) is 0. The van der Waals surface area contributed by atoms with Gasteiger partial charge in [0.1, 0.15) is 6.54 Å². The van der Waals surface area contributed by atoms with Crippen molar-refractivity contribution in [2.24, 2.45) is 5.92 Å². The van der Waals surface area contributed by atoms with E-state index in [0.717, 1.165) is 13.0 Å². The predicted molar refractivity (Wildman–Crippen MR) is 58.6 cm³/mol. The highest BCUT2D eigenvalue weighted by molar-refractivity contribution is 5.76. The third kappa shape index (κ3) is 2.09. The molecule has 0 radical (unpaired) electrons. The van der Waals surface area contributed by atoms with Gasteiger partial charge in [-0.1, -0.05) is 6.92 Å². The van der Waals surface area contributed by atoms with E-state index in [1.165, 1.54) is 0 Å². The van der Waals surface area contributed by atoms with Gasteiger partial charge in [0.25, 0.3) is 0 Å². The quantitative estimate of drug-likeness (QED) is 0.791. The van der Waals surface area contributed by atoms with Crippen molar-refractivity contribution in [1.29, 1.82) is 0 Å². The van der Waals surface area contributed by atoms with Crippen LogP contribution in [0.2, 0.25) is 0 Å². The molecule has 2 unspecified atom stereocenters. The van der Waals surface area contributed by atoms with Gasteiger partial charge in [0.2, 0.25) is 5.91 Å². The fourth-order valence-electron chi connectivity index (χ4n) is 2.22. The summed E-state index contributed by atoms with van der Waals surface area (Å²) in [4.78, 5) is 13.8. The zero-order valence-corrected chi connectivity index (χ0v) is 9.41. The number of carbonyl (C=O) groups is 1. The lowest BCUT2D eigenvalue weighted by Crippen LogP contribution is -2.41. The first-order chi connectivity index (χ1) is 7.72. The number of aliphatic hydroxyl groups is 1. The monoisotopic (exact) mass is 223 g/mol. The molecule has 1 aliphatic rings. The zero-order chi connectivity index (χ0) is 11.5. The van der Waals surface area contributed by atoms with Crippen molar-refractivity contribution in [2.75, 3.05) is 13.2 Å². The molecule has 1 amide bonds. The van der Waals surface area contributed by atoms with Gasteiger partial charge in [-0.2, -0.15) is 5.10 Å². The molecule has 1 aromatic rings. The van der Waals surface area contributed by atoms with Crippen molar-refractivity contribution < 1.29 is 9.90 Å². The first kappa shape index (κ1) is 11.1. The average Bonchev–Trinajstić information content (AvgIpc) is 2.87. The largest absolute Gasteiger partial charge is 0.394 e. The van der Waals surface area contributed by atoms with Gasteiger partial charge >= 0.3 is 0 Å². The summed E-state index contributed by atoms with van der Waals surface area (Å²) < 4.78 is 1.61. The van der Waals surface area contributed by atoms with Crippen molar-refractivity contribution in [3.63, 3.8) is 0 Å². The summed E-state index contributed by atoms with van der Waals surface area (Å²) in [6.07, 6.45) is 4.39. The first-order valence-corrected chi connectivity index (χ1v) is 5.60. The lowest BCUT2D eigenvalue weighted by atomic mass is 10.0. The Morgan fingerprint density at radius 3 is 3.06 bits per heavy atom. The second kappa shape index (κ2) is 4.65. The maximum Gasteiger partial charge on any atom is 0.244 e. The van der Waals surface area contributed by atoms with Gasteiger partial charge in [-0.25, -0.2) is 0 Å². The Labute approximate surface area is 94.7 Å². The summed E-state index contributed by atoms with van der Waals surface area (Å²) in [7, 11) is 0. The van der Waals surface area contributed by atoms with Gasteiger partial charge < -0.3 is 10.0 Å². The Balaban J connectivity index is 1.99. The number of hydrogen-bond donors (Lipinski definition) is 1. The number of carbonyl (C=O) groups excluding carboxylic acids is 1. The molecule has 16 heavy (non-hydrogen) atoms. The standard InChI is InChI=1S/C11H17N3O2/c1-9-3-6-14(10(9)8-15)11(16)7-13-5-2-4-12-13/h2,4-5,9-10,15H,3,6-8H2,1H3. The van der Waals surface area contributed by atoms with E-state index in [1.54, 1.807) is 28.0 Å². The second-order valence-electron chi connectivity index (χ2n) is 4.31. The fraction of sp³-hybridized carbons (Fsp3) is 0.636. The van der Waals surface area contributed by atoms with Gasteiger partial charge in [0.15, 0.2) is 0 Å². The van der Waals surface area contributed by atoms with Crippen LogP contribution < -0.4 is 0 Å². The third-order valence-electron chi connectivity index (χ3n) is 3.25. The number of amides is 1. The van der Waals surface area contributed by atoms with Crippen molar-refractivity contribution in [3.8, 4) is 0 Å². The minimum absolute atomic E-state index is 0.0249. The van der Waals surface area contributed by atoms with Gasteiger partial charge in [-0.15, -0.1) is 0 Å². The van der Waals surface area contributed by atoms with E-state index in [9.17, 15) is 9.90 Å². The number of likely N-dealkylation sites (tertiary alicyclic amines) is 1. The summed E-state index contributed by atoms with van der Waals surface area (Å²) in [6, 6.07) is 1.77. The van der Waals surface area contributed by atoms with Crippen LogP contribution in [0.4, 0.5) is 0 Å². The molecule has 1 aliphatic heterocycles. The molecule has 0 aromatic carbocycles. The Morgan fingerprint density at radius 1 is 1.62 bits per heavy atom. The smallest absolute Gasteiger partial charge is 0.244 e. The van der Waals surface area contributed by atoms with Crippen LogP contribution in [-0.4, -0.2) is 44.9 Å². The first-order valence-electron chi connectivity index (χ1n) is 5.60. The highest BCUT2D eigenvalue weighted by Crippen LogP contribution is 2.23. The van der Waals surface area contributed by atoms with E-state index < -0.39 is 0 Å². The maximum absolute atomic E-state index is 12.0. The van der Waals surface area contributed by atoms with Crippen LogP contribution in [0.25, 0.3) is 0 Å². The van der Waals surface area contributed by atoms with Gasteiger partial charge in [0, 0.05) is 18.9 Å². The Hall–Kier alpha value is -1.36. The topological polar surface area (TPSA) is 58.4 Å². The Kier molecular flexibility index (Phi) is 3.24. The van der Waals surface area contributed by atoms with E-state index in [2.05, 4.69) is 12.0 Å². The van der Waals surface area contributed by atoms with E-state index in [1.807, 2.05) is 0 Å². The van der Waals surface area contributed by atoms with Crippen LogP contribution in [-0.2, 0) is 11.3 Å². The van der Waals surface area contributed by atoms with Crippen molar-refractivity contribution in [3.05, 3.63) is 18.5 Å². The minimum Gasteiger partial charge on any atom is -0.394 e. The third-order valence-corrected chi connectivity index (χ3v) is 3.25. The van der Waals surface area contributed by atoms with Crippen molar-refractivity contribution >= 4 is 5.91 Å². The summed E-state index contributed by atoms with van der Waals surface area (Å²) in [5.74, 6) is 0.415. The van der Waals surface area contributed by atoms with E-state index in [4.69, 9.17) is 0 Å². The number of aliphatic hydroxyl groups excluding tert-OH is 1. The molecule has 0 spiro atoms. The number of aromatic nitrogens is 2. The van der Waals surface area contributed by atoms with Crippen LogP contribution in [0.3, 0.4) is 0 Å². The molecule has 1 N–H and O–H groups in total.